The number of piperidine rings is 1. The Balaban J connectivity index is 1.50. The molecule has 2 aliphatic heterocycles. The summed E-state index contributed by atoms with van der Waals surface area (Å²) in [4.78, 5) is 11.8. The van der Waals surface area contributed by atoms with E-state index in [1.807, 2.05) is 6.92 Å². The number of aryl methyl sites for hydroxylation is 1. The zero-order valence-electron chi connectivity index (χ0n) is 14.7. The normalized spacial score (nSPS) is 23.6. The maximum absolute atomic E-state index is 5.49. The van der Waals surface area contributed by atoms with E-state index in [2.05, 4.69) is 40.1 Å². The Morgan fingerprint density at radius 3 is 2.70 bits per heavy atom. The molecule has 1 unspecified atom stereocenters. The average molecular weight is 318 g/mol. The van der Waals surface area contributed by atoms with Crippen molar-refractivity contribution in [3.8, 4) is 0 Å². The van der Waals surface area contributed by atoms with Gasteiger partial charge in [-0.15, -0.1) is 0 Å². The molecule has 1 aromatic heterocycles. The average Bonchev–Trinajstić information content (AvgIpc) is 3.01. The Morgan fingerprint density at radius 2 is 2.04 bits per heavy atom. The second kappa shape index (κ2) is 7.58. The fourth-order valence-electron chi connectivity index (χ4n) is 3.49. The van der Waals surface area contributed by atoms with Gasteiger partial charge in [-0.05, 0) is 32.1 Å². The van der Waals surface area contributed by atoms with E-state index in [9.17, 15) is 0 Å². The molecule has 1 atom stereocenters. The monoisotopic (exact) mass is 318 g/mol. The smallest absolute Gasteiger partial charge is 0.133 e. The molecule has 0 radical (unpaired) electrons. The molecule has 0 spiro atoms. The van der Waals surface area contributed by atoms with Crippen LogP contribution in [0.3, 0.4) is 0 Å². The molecule has 0 aromatic carbocycles. The fraction of sp³-hybridized carbons (Fsp3) is 0.778. The number of rotatable bonds is 5. The number of hydrogen-bond donors (Lipinski definition) is 1. The van der Waals surface area contributed by atoms with E-state index in [1.165, 1.54) is 38.9 Å². The maximum atomic E-state index is 5.49. The Kier molecular flexibility index (Phi) is 5.49. The minimum absolute atomic E-state index is 0.367. The van der Waals surface area contributed by atoms with Crippen LogP contribution in [0.4, 0.5) is 5.82 Å². The summed E-state index contributed by atoms with van der Waals surface area (Å²) in [6, 6.07) is 2.59. The molecule has 0 amide bonds. The van der Waals surface area contributed by atoms with Crippen molar-refractivity contribution in [3.05, 3.63) is 17.6 Å². The van der Waals surface area contributed by atoms with Gasteiger partial charge in [0.25, 0.3) is 0 Å². The van der Waals surface area contributed by atoms with Crippen LogP contribution >= 0.6 is 0 Å². The number of likely N-dealkylation sites (tertiary alicyclic amines) is 1. The van der Waals surface area contributed by atoms with Gasteiger partial charge in [0.05, 0.1) is 6.61 Å². The van der Waals surface area contributed by atoms with Gasteiger partial charge in [-0.1, -0.05) is 13.8 Å². The Labute approximate surface area is 139 Å². The van der Waals surface area contributed by atoms with Crippen molar-refractivity contribution in [2.45, 2.75) is 52.0 Å². The summed E-state index contributed by atoms with van der Waals surface area (Å²) in [6.07, 6.45) is 3.61. The highest BCUT2D eigenvalue weighted by atomic mass is 16.5. The van der Waals surface area contributed by atoms with Crippen LogP contribution in [0.15, 0.2) is 6.07 Å². The van der Waals surface area contributed by atoms with E-state index in [4.69, 9.17) is 4.74 Å². The van der Waals surface area contributed by atoms with E-state index in [0.717, 1.165) is 36.5 Å². The molecule has 2 aliphatic rings. The molecule has 3 rings (SSSR count). The van der Waals surface area contributed by atoms with Crippen LogP contribution in [0.25, 0.3) is 0 Å². The van der Waals surface area contributed by atoms with Crippen LogP contribution in [0, 0.1) is 12.8 Å². The largest absolute Gasteiger partial charge is 0.381 e. The van der Waals surface area contributed by atoms with Gasteiger partial charge in [0.2, 0.25) is 0 Å². The molecule has 1 aromatic rings. The molecule has 5 heteroatoms. The standard InChI is InChI=1S/C18H30N4O/c1-13(2)18-19-14(3)10-17(21-18)20-16-4-7-22(8-5-16)11-15-6-9-23-12-15/h10,13,15-16H,4-9,11-12H2,1-3H3,(H,19,20,21). The van der Waals surface area contributed by atoms with E-state index in [-0.39, 0.29) is 0 Å². The first-order chi connectivity index (χ1) is 11.1. The number of nitrogens with zero attached hydrogens (tertiary/aromatic N) is 3. The minimum Gasteiger partial charge on any atom is -0.381 e. The molecule has 2 fully saturated rings. The van der Waals surface area contributed by atoms with Crippen LogP contribution in [-0.2, 0) is 4.74 Å². The predicted octanol–water partition coefficient (Wildman–Crippen LogP) is 2.82. The molecule has 3 heterocycles. The van der Waals surface area contributed by atoms with Crippen LogP contribution < -0.4 is 5.32 Å². The molecule has 0 aliphatic carbocycles. The minimum atomic E-state index is 0.367. The van der Waals surface area contributed by atoms with E-state index in [0.29, 0.717) is 12.0 Å². The highest BCUT2D eigenvalue weighted by Gasteiger charge is 2.24. The number of anilines is 1. The van der Waals surface area contributed by atoms with Crippen molar-refractivity contribution in [3.63, 3.8) is 0 Å². The van der Waals surface area contributed by atoms with Crippen LogP contribution in [-0.4, -0.2) is 53.8 Å². The first-order valence-electron chi connectivity index (χ1n) is 9.02. The zero-order valence-corrected chi connectivity index (χ0v) is 14.7. The lowest BCUT2D eigenvalue weighted by Crippen LogP contribution is -2.41. The van der Waals surface area contributed by atoms with E-state index in [1.54, 1.807) is 0 Å². The van der Waals surface area contributed by atoms with Gasteiger partial charge in [-0.25, -0.2) is 9.97 Å². The van der Waals surface area contributed by atoms with Crippen LogP contribution in [0.5, 0.6) is 0 Å². The van der Waals surface area contributed by atoms with Gasteiger partial charge in [0, 0.05) is 50.0 Å². The molecule has 1 N–H and O–H groups in total. The van der Waals surface area contributed by atoms with Gasteiger partial charge < -0.3 is 15.0 Å². The molecule has 5 nitrogen and oxygen atoms in total. The Hall–Kier alpha value is -1.20. The lowest BCUT2D eigenvalue weighted by molar-refractivity contribution is 0.154. The summed E-state index contributed by atoms with van der Waals surface area (Å²) in [7, 11) is 0. The third-order valence-corrected chi connectivity index (χ3v) is 4.87. The molecular weight excluding hydrogens is 288 g/mol. The fourth-order valence-corrected chi connectivity index (χ4v) is 3.49. The van der Waals surface area contributed by atoms with Crippen molar-refractivity contribution in [1.82, 2.24) is 14.9 Å². The Morgan fingerprint density at radius 1 is 1.26 bits per heavy atom. The lowest BCUT2D eigenvalue weighted by Gasteiger charge is -2.33. The molecule has 0 bridgehead atoms. The quantitative estimate of drug-likeness (QED) is 0.905. The highest BCUT2D eigenvalue weighted by Crippen LogP contribution is 2.20. The third kappa shape index (κ3) is 4.64. The first kappa shape index (κ1) is 16.7. The first-order valence-corrected chi connectivity index (χ1v) is 9.02. The maximum Gasteiger partial charge on any atom is 0.133 e. The Bertz CT molecular complexity index is 506. The van der Waals surface area contributed by atoms with E-state index < -0.39 is 0 Å². The molecule has 0 saturated carbocycles. The molecule has 23 heavy (non-hydrogen) atoms. The number of hydrogen-bond acceptors (Lipinski definition) is 5. The summed E-state index contributed by atoms with van der Waals surface area (Å²) in [5.41, 5.74) is 1.05. The summed E-state index contributed by atoms with van der Waals surface area (Å²) in [6.45, 7) is 11.8. The summed E-state index contributed by atoms with van der Waals surface area (Å²) in [5, 5.41) is 3.63. The van der Waals surface area contributed by atoms with Gasteiger partial charge in [-0.2, -0.15) is 0 Å². The predicted molar refractivity (Wildman–Crippen MR) is 92.9 cm³/mol. The van der Waals surface area contributed by atoms with E-state index >= 15 is 0 Å². The molecule has 2 saturated heterocycles. The van der Waals surface area contributed by atoms with Gasteiger partial charge >= 0.3 is 0 Å². The van der Waals surface area contributed by atoms with Crippen LogP contribution in [0.2, 0.25) is 0 Å². The van der Waals surface area contributed by atoms with Crippen molar-refractivity contribution >= 4 is 5.82 Å². The summed E-state index contributed by atoms with van der Waals surface area (Å²) >= 11 is 0. The molecule has 128 valence electrons. The third-order valence-electron chi connectivity index (χ3n) is 4.87. The zero-order chi connectivity index (χ0) is 16.2. The summed E-state index contributed by atoms with van der Waals surface area (Å²) < 4.78 is 5.49. The highest BCUT2D eigenvalue weighted by molar-refractivity contribution is 5.37. The number of ether oxygens (including phenoxy) is 1. The van der Waals surface area contributed by atoms with Gasteiger partial charge in [0.15, 0.2) is 0 Å². The molecular formula is C18H30N4O. The SMILES string of the molecule is Cc1cc(NC2CCN(CC3CCOC3)CC2)nc(C(C)C)n1. The van der Waals surface area contributed by atoms with Gasteiger partial charge in [0.1, 0.15) is 11.6 Å². The van der Waals surface area contributed by atoms with Crippen molar-refractivity contribution in [2.24, 2.45) is 5.92 Å². The van der Waals surface area contributed by atoms with Crippen molar-refractivity contribution in [2.75, 3.05) is 38.2 Å². The van der Waals surface area contributed by atoms with Crippen LogP contribution in [0.1, 0.15) is 50.5 Å². The van der Waals surface area contributed by atoms with Gasteiger partial charge in [-0.3, -0.25) is 0 Å². The second-order valence-electron chi connectivity index (χ2n) is 7.36. The number of aromatic nitrogens is 2. The second-order valence-corrected chi connectivity index (χ2v) is 7.36. The number of nitrogens with one attached hydrogen (secondary N) is 1. The topological polar surface area (TPSA) is 50.3 Å². The summed E-state index contributed by atoms with van der Waals surface area (Å²) in [5.74, 6) is 3.04. The lowest BCUT2D eigenvalue weighted by atomic mass is 10.0. The van der Waals surface area contributed by atoms with Crippen molar-refractivity contribution in [1.29, 1.82) is 0 Å². The van der Waals surface area contributed by atoms with Crippen molar-refractivity contribution < 1.29 is 4.74 Å².